The molecule has 0 saturated carbocycles. The molecule has 0 fully saturated rings. The summed E-state index contributed by atoms with van der Waals surface area (Å²) in [5.41, 5.74) is 0. The van der Waals surface area contributed by atoms with Crippen LogP contribution in [0.1, 0.15) is 39.0 Å². The van der Waals surface area contributed by atoms with Gasteiger partial charge in [0.15, 0.2) is 0 Å². The molecule has 0 spiro atoms. The number of hydrogen-bond donors (Lipinski definition) is 0. The van der Waals surface area contributed by atoms with Crippen LogP contribution in [0.5, 0.6) is 0 Å². The predicted molar refractivity (Wildman–Crippen MR) is 94.9 cm³/mol. The molecule has 0 aliphatic rings. The molecule has 0 aromatic heterocycles. The second kappa shape index (κ2) is 13.4. The van der Waals surface area contributed by atoms with Crippen LogP contribution in [0.15, 0.2) is 0 Å². The summed E-state index contributed by atoms with van der Waals surface area (Å²) in [6.07, 6.45) is -9.51. The van der Waals surface area contributed by atoms with Gasteiger partial charge < -0.3 is 9.90 Å². The zero-order chi connectivity index (χ0) is 32.6. The Hall–Kier alpha value is -0.174. The molecule has 0 N–H and O–H groups in total. The Morgan fingerprint density at radius 2 is 0.951 bits per heavy atom. The van der Waals surface area contributed by atoms with Crippen molar-refractivity contribution in [3.8, 4) is 0 Å². The van der Waals surface area contributed by atoms with Crippen LogP contribution in [-0.4, -0.2) is 78.7 Å². The number of carbonyl (C=O) groups is 1. The minimum atomic E-state index is -8.88. The van der Waals surface area contributed by atoms with Gasteiger partial charge in [0.05, 0.1) is 0 Å². The van der Waals surface area contributed by atoms with Crippen molar-refractivity contribution in [1.29, 1.82) is 0 Å². The van der Waals surface area contributed by atoms with Gasteiger partial charge >= 0.3 is 98.4 Å². The van der Waals surface area contributed by atoms with Crippen LogP contribution in [0.25, 0.3) is 0 Å². The van der Waals surface area contributed by atoms with Crippen molar-refractivity contribution in [3.63, 3.8) is 0 Å². The number of alkyl halides is 17. The molecular weight excluding hydrogens is 676 g/mol. The smallest absolute Gasteiger partial charge is 0.550 e. The van der Waals surface area contributed by atoms with E-state index in [0.717, 1.165) is 0 Å². The summed E-state index contributed by atoms with van der Waals surface area (Å²) in [4.78, 5) is 10.2. The first-order valence-corrected chi connectivity index (χ1v) is 11.7. The first-order valence-electron chi connectivity index (χ1n) is 10.3. The van der Waals surface area contributed by atoms with E-state index < -0.39 is 93.2 Å². The summed E-state index contributed by atoms with van der Waals surface area (Å²) in [7, 11) is -7.32. The normalized spacial score (nSPS) is 15.2. The van der Waals surface area contributed by atoms with E-state index in [2.05, 4.69) is 0 Å². The minimum absolute atomic E-state index is 0. The summed E-state index contributed by atoms with van der Waals surface area (Å²) in [6.45, 7) is -2.02. The van der Waals surface area contributed by atoms with Crippen LogP contribution in [0.4, 0.5) is 74.6 Å². The fourth-order valence-corrected chi connectivity index (χ4v) is 4.32. The van der Waals surface area contributed by atoms with Gasteiger partial charge in [-0.25, -0.2) is 8.42 Å². The number of halogens is 17. The Morgan fingerprint density at radius 3 is 1.29 bits per heavy atom. The number of carbonyl (C=O) groups excluding carboxylic acids is 1. The summed E-state index contributed by atoms with van der Waals surface area (Å²) in [5.74, 6) is -53.4. The molecule has 0 atom stereocenters. The van der Waals surface area contributed by atoms with E-state index in [9.17, 15) is 93.0 Å². The van der Waals surface area contributed by atoms with Gasteiger partial charge in [0.2, 0.25) is 0 Å². The number of carboxylic acid groups (broad SMARTS) is 1. The van der Waals surface area contributed by atoms with Gasteiger partial charge in [-0.15, -0.1) is 0 Å². The quantitative estimate of drug-likeness (QED) is 0.141. The topological polar surface area (TPSA) is 77.5 Å². The van der Waals surface area contributed by atoms with E-state index in [0.29, 0.717) is 6.92 Å². The fourth-order valence-electron chi connectivity index (χ4n) is 2.83. The number of aliphatic carboxylic acids is 1. The van der Waals surface area contributed by atoms with Gasteiger partial charge in [-0.1, -0.05) is 19.8 Å². The third-order valence-electron chi connectivity index (χ3n) is 5.25. The second-order valence-corrected chi connectivity index (χ2v) is 9.97. The van der Waals surface area contributed by atoms with Crippen molar-refractivity contribution in [3.05, 3.63) is 0 Å². The van der Waals surface area contributed by atoms with Gasteiger partial charge in [-0.2, -0.15) is 78.9 Å². The van der Waals surface area contributed by atoms with Gasteiger partial charge in [0, 0.05) is 19.1 Å². The maximum Gasteiger partial charge on any atom is 1.00 e. The van der Waals surface area contributed by atoms with Gasteiger partial charge in [-0.05, 0) is 19.3 Å². The van der Waals surface area contributed by atoms with Gasteiger partial charge in [-0.3, -0.25) is 0 Å². The average Bonchev–Trinajstić information content (AvgIpc) is 2.76. The van der Waals surface area contributed by atoms with Crippen molar-refractivity contribution in [2.24, 2.45) is 0 Å². The average molecular weight is 693 g/mol. The first kappa shape index (κ1) is 43.0. The molecule has 0 aromatic carbocycles. The predicted octanol–water partition coefficient (Wildman–Crippen LogP) is 2.31. The number of unbranched alkanes of at least 4 members (excludes halogenated alkanes) is 3. The molecule has 0 aliphatic heterocycles. The van der Waals surface area contributed by atoms with Crippen LogP contribution in [-0.2, 0) is 14.8 Å². The molecular formula is C17H17F17KNO4S. The number of nitrogens with zero attached hydrogens (tertiary/aromatic N) is 1. The summed E-state index contributed by atoms with van der Waals surface area (Å²) >= 11 is 0. The van der Waals surface area contributed by atoms with E-state index in [1.165, 1.54) is 0 Å². The molecule has 240 valence electrons. The van der Waals surface area contributed by atoms with E-state index in [1.807, 2.05) is 0 Å². The molecule has 0 bridgehead atoms. The molecule has 0 aliphatic carbocycles. The van der Waals surface area contributed by atoms with Crippen molar-refractivity contribution in [2.45, 2.75) is 86.0 Å². The fraction of sp³-hybridized carbons (Fsp3) is 0.941. The van der Waals surface area contributed by atoms with E-state index >= 15 is 0 Å². The monoisotopic (exact) mass is 693 g/mol. The van der Waals surface area contributed by atoms with Crippen molar-refractivity contribution < 1.29 is 144 Å². The summed E-state index contributed by atoms with van der Waals surface area (Å²) in [5, 5.41) is 2.65. The third-order valence-corrected chi connectivity index (χ3v) is 7.27. The zero-order valence-corrected chi connectivity index (χ0v) is 24.3. The maximum atomic E-state index is 14.2. The van der Waals surface area contributed by atoms with Gasteiger partial charge in [0.1, 0.15) is 0 Å². The number of rotatable bonds is 16. The molecule has 0 radical (unpaired) electrons. The number of hydrogen-bond acceptors (Lipinski definition) is 4. The third kappa shape index (κ3) is 7.22. The summed E-state index contributed by atoms with van der Waals surface area (Å²) < 4.78 is 250. The Balaban J connectivity index is 0. The maximum absolute atomic E-state index is 14.2. The van der Waals surface area contributed by atoms with Crippen LogP contribution in [0.3, 0.4) is 0 Å². The Bertz CT molecular complexity index is 1000. The largest absolute Gasteiger partial charge is 1.00 e. The molecule has 41 heavy (non-hydrogen) atoms. The molecule has 24 heteroatoms. The van der Waals surface area contributed by atoms with Gasteiger partial charge in [0.25, 0.3) is 10.0 Å². The number of sulfonamides is 1. The molecule has 0 rings (SSSR count). The second-order valence-electron chi connectivity index (χ2n) is 7.99. The van der Waals surface area contributed by atoms with Crippen molar-refractivity contribution in [1.82, 2.24) is 4.31 Å². The van der Waals surface area contributed by atoms with E-state index in [1.54, 1.807) is 0 Å². The number of carboxylic acids is 1. The standard InChI is InChI=1S/C17H18F17NO4S.K/c1-2-35(8-6-4-3-5-7-9(36)37)40(38,39)17(33,34)15(28,29)13(24,25)11(20,21)10(18,19)12(22,23)14(26,27)16(30,31)32;/h2-8H2,1H3,(H,36,37);/q;+1/p-1. The Kier molecular flexibility index (Phi) is 14.1. The van der Waals surface area contributed by atoms with Crippen molar-refractivity contribution in [2.75, 3.05) is 13.1 Å². The van der Waals surface area contributed by atoms with Crippen LogP contribution in [0.2, 0.25) is 0 Å². The molecule has 0 saturated heterocycles. The minimum Gasteiger partial charge on any atom is -0.550 e. The SMILES string of the molecule is CCN(CCCCCCC(=O)[O-])S(=O)(=O)C(F)(F)C(F)(F)C(F)(F)C(F)(F)C(F)(F)C(F)(F)C(F)(F)C(F)(F)F.[K+]. The molecule has 0 amide bonds. The van der Waals surface area contributed by atoms with Crippen molar-refractivity contribution >= 4 is 16.0 Å². The zero-order valence-electron chi connectivity index (χ0n) is 20.4. The van der Waals surface area contributed by atoms with E-state index in [4.69, 9.17) is 0 Å². The first-order chi connectivity index (χ1) is 17.4. The molecule has 0 aromatic rings. The molecule has 5 nitrogen and oxygen atoms in total. The van der Waals surface area contributed by atoms with Crippen LogP contribution in [0, 0.1) is 0 Å². The molecule has 0 unspecified atom stereocenters. The van der Waals surface area contributed by atoms with Crippen LogP contribution >= 0.6 is 0 Å². The Morgan fingerprint density at radius 1 is 0.610 bits per heavy atom. The van der Waals surface area contributed by atoms with E-state index in [-0.39, 0.29) is 70.6 Å². The van der Waals surface area contributed by atoms with Crippen LogP contribution < -0.4 is 56.5 Å². The molecule has 0 heterocycles. The Labute approximate surface area is 262 Å². The summed E-state index contributed by atoms with van der Waals surface area (Å²) in [6, 6.07) is 0.